The van der Waals surface area contributed by atoms with Gasteiger partial charge in [0.25, 0.3) is 5.91 Å². The van der Waals surface area contributed by atoms with E-state index in [4.69, 9.17) is 4.42 Å². The zero-order valence-electron chi connectivity index (χ0n) is 15.2. The van der Waals surface area contributed by atoms with E-state index in [0.29, 0.717) is 29.8 Å². The molecule has 0 atom stereocenters. The van der Waals surface area contributed by atoms with Gasteiger partial charge >= 0.3 is 0 Å². The summed E-state index contributed by atoms with van der Waals surface area (Å²) in [6.07, 6.45) is 6.45. The van der Waals surface area contributed by atoms with Crippen LogP contribution in [-0.4, -0.2) is 41.6 Å². The van der Waals surface area contributed by atoms with Crippen LogP contribution in [0.5, 0.6) is 0 Å². The molecule has 1 saturated carbocycles. The monoisotopic (exact) mass is 354 g/mol. The smallest absolute Gasteiger partial charge is 0.256 e. The molecular formula is C18H22N6O2. The van der Waals surface area contributed by atoms with Crippen LogP contribution in [0.2, 0.25) is 0 Å². The van der Waals surface area contributed by atoms with E-state index in [1.807, 2.05) is 33.2 Å². The number of rotatable bonds is 6. The van der Waals surface area contributed by atoms with E-state index in [0.717, 1.165) is 11.2 Å². The van der Waals surface area contributed by atoms with Crippen molar-refractivity contribution >= 4 is 17.1 Å². The number of carbonyl (C=O) groups is 1. The van der Waals surface area contributed by atoms with E-state index >= 15 is 0 Å². The third-order valence-electron chi connectivity index (χ3n) is 4.60. The zero-order valence-corrected chi connectivity index (χ0v) is 15.2. The molecule has 3 aromatic rings. The van der Waals surface area contributed by atoms with E-state index in [1.165, 1.54) is 12.8 Å². The van der Waals surface area contributed by atoms with Crippen molar-refractivity contribution in [2.45, 2.75) is 58.7 Å². The molecule has 1 aliphatic carbocycles. The fourth-order valence-electron chi connectivity index (χ4n) is 2.95. The molecule has 1 aliphatic rings. The standard InChI is InChI=1S/C18H22N6O2/c1-4-15-21-22-16(26-15)9-23(11(2)3)18(25)12-7-14-17(19-8-12)24(10-20-14)13-5-6-13/h7-8,10-11,13H,4-6,9H2,1-3H3. The molecule has 1 amide bonds. The molecule has 8 heteroatoms. The minimum atomic E-state index is -0.119. The normalized spacial score (nSPS) is 14.3. The highest BCUT2D eigenvalue weighted by molar-refractivity contribution is 5.96. The largest absolute Gasteiger partial charge is 0.423 e. The van der Waals surface area contributed by atoms with Crippen LogP contribution in [0.3, 0.4) is 0 Å². The van der Waals surface area contributed by atoms with Gasteiger partial charge in [0.05, 0.1) is 18.4 Å². The summed E-state index contributed by atoms with van der Waals surface area (Å²) in [6.45, 7) is 6.15. The molecule has 8 nitrogen and oxygen atoms in total. The number of hydrogen-bond donors (Lipinski definition) is 0. The number of hydrogen-bond acceptors (Lipinski definition) is 6. The molecule has 0 unspecified atom stereocenters. The lowest BCUT2D eigenvalue weighted by Crippen LogP contribution is -2.36. The second kappa shape index (κ2) is 6.51. The summed E-state index contributed by atoms with van der Waals surface area (Å²) in [5, 5.41) is 7.99. The Balaban J connectivity index is 1.59. The summed E-state index contributed by atoms with van der Waals surface area (Å²) in [5.74, 6) is 0.896. The first-order valence-corrected chi connectivity index (χ1v) is 9.01. The molecule has 4 rings (SSSR count). The van der Waals surface area contributed by atoms with Crippen LogP contribution in [0, 0.1) is 0 Å². The Morgan fingerprint density at radius 2 is 2.08 bits per heavy atom. The van der Waals surface area contributed by atoms with Gasteiger partial charge in [0, 0.05) is 24.7 Å². The first-order valence-electron chi connectivity index (χ1n) is 9.01. The first kappa shape index (κ1) is 16.7. The molecule has 0 aromatic carbocycles. The van der Waals surface area contributed by atoms with Gasteiger partial charge < -0.3 is 13.9 Å². The number of carbonyl (C=O) groups excluding carboxylic acids is 1. The van der Waals surface area contributed by atoms with Gasteiger partial charge in [-0.1, -0.05) is 6.92 Å². The Morgan fingerprint density at radius 1 is 1.31 bits per heavy atom. The van der Waals surface area contributed by atoms with Gasteiger partial charge in [-0.15, -0.1) is 10.2 Å². The van der Waals surface area contributed by atoms with Gasteiger partial charge in [0.1, 0.15) is 5.52 Å². The number of amides is 1. The fraction of sp³-hybridized carbons (Fsp3) is 0.500. The quantitative estimate of drug-likeness (QED) is 0.676. The van der Waals surface area contributed by atoms with E-state index in [2.05, 4.69) is 24.7 Å². The summed E-state index contributed by atoms with van der Waals surface area (Å²) in [6, 6.07) is 2.30. The van der Waals surface area contributed by atoms with E-state index < -0.39 is 0 Å². The number of fused-ring (bicyclic) bond motifs is 1. The van der Waals surface area contributed by atoms with Crippen molar-refractivity contribution < 1.29 is 9.21 Å². The maximum atomic E-state index is 13.0. The predicted octanol–water partition coefficient (Wildman–Crippen LogP) is 2.76. The zero-order chi connectivity index (χ0) is 18.3. The summed E-state index contributed by atoms with van der Waals surface area (Å²) in [7, 11) is 0. The van der Waals surface area contributed by atoms with Crippen molar-refractivity contribution in [1.29, 1.82) is 0 Å². The van der Waals surface area contributed by atoms with Crippen LogP contribution in [0.25, 0.3) is 11.2 Å². The van der Waals surface area contributed by atoms with Gasteiger partial charge in [-0.2, -0.15) is 0 Å². The van der Waals surface area contributed by atoms with Gasteiger partial charge in [0.15, 0.2) is 5.65 Å². The average Bonchev–Trinajstić information content (AvgIpc) is 3.23. The molecule has 0 spiro atoms. The summed E-state index contributed by atoms with van der Waals surface area (Å²) in [4.78, 5) is 23.6. The van der Waals surface area contributed by atoms with Crippen molar-refractivity contribution in [2.75, 3.05) is 0 Å². The molecular weight excluding hydrogens is 332 g/mol. The topological polar surface area (TPSA) is 89.9 Å². The van der Waals surface area contributed by atoms with Crippen LogP contribution in [0.4, 0.5) is 0 Å². The lowest BCUT2D eigenvalue weighted by atomic mass is 10.2. The molecule has 26 heavy (non-hydrogen) atoms. The van der Waals surface area contributed by atoms with Gasteiger partial charge in [-0.25, -0.2) is 9.97 Å². The number of pyridine rings is 1. The summed E-state index contributed by atoms with van der Waals surface area (Å²) < 4.78 is 7.65. The molecule has 136 valence electrons. The summed E-state index contributed by atoms with van der Waals surface area (Å²) >= 11 is 0. The maximum Gasteiger partial charge on any atom is 0.256 e. The van der Waals surface area contributed by atoms with Crippen molar-refractivity contribution in [1.82, 2.24) is 29.6 Å². The van der Waals surface area contributed by atoms with Crippen LogP contribution in [0.1, 0.15) is 61.8 Å². The number of aryl methyl sites for hydroxylation is 1. The van der Waals surface area contributed by atoms with Gasteiger partial charge in [0.2, 0.25) is 11.8 Å². The molecule has 0 aliphatic heterocycles. The molecule has 3 aromatic heterocycles. The molecule has 0 radical (unpaired) electrons. The Hall–Kier alpha value is -2.77. The molecule has 3 heterocycles. The van der Waals surface area contributed by atoms with Gasteiger partial charge in [-0.3, -0.25) is 4.79 Å². The Labute approximate surface area is 151 Å². The highest BCUT2D eigenvalue weighted by atomic mass is 16.4. The SMILES string of the molecule is CCc1nnc(CN(C(=O)c2cnc3c(c2)ncn3C2CC2)C(C)C)o1. The van der Waals surface area contributed by atoms with E-state index in [1.54, 1.807) is 11.1 Å². The molecule has 1 fully saturated rings. The molecule has 0 bridgehead atoms. The third kappa shape index (κ3) is 3.07. The third-order valence-corrected chi connectivity index (χ3v) is 4.60. The Bertz CT molecular complexity index is 940. The predicted molar refractivity (Wildman–Crippen MR) is 94.5 cm³/mol. The van der Waals surface area contributed by atoms with Gasteiger partial charge in [-0.05, 0) is 32.8 Å². The van der Waals surface area contributed by atoms with Crippen molar-refractivity contribution in [3.8, 4) is 0 Å². The second-order valence-electron chi connectivity index (χ2n) is 6.92. The molecule has 0 N–H and O–H groups in total. The van der Waals surface area contributed by atoms with Crippen molar-refractivity contribution in [2.24, 2.45) is 0 Å². The van der Waals surface area contributed by atoms with Crippen molar-refractivity contribution in [3.63, 3.8) is 0 Å². The van der Waals surface area contributed by atoms with Crippen molar-refractivity contribution in [3.05, 3.63) is 35.9 Å². The highest BCUT2D eigenvalue weighted by Gasteiger charge is 2.27. The van der Waals surface area contributed by atoms with Crippen LogP contribution in [-0.2, 0) is 13.0 Å². The lowest BCUT2D eigenvalue weighted by molar-refractivity contribution is 0.0671. The highest BCUT2D eigenvalue weighted by Crippen LogP contribution is 2.36. The van der Waals surface area contributed by atoms with Crippen LogP contribution in [0.15, 0.2) is 23.0 Å². The Kier molecular flexibility index (Phi) is 4.18. The first-order chi connectivity index (χ1) is 12.6. The number of aromatic nitrogens is 5. The maximum absolute atomic E-state index is 13.0. The fourth-order valence-corrected chi connectivity index (χ4v) is 2.95. The minimum Gasteiger partial charge on any atom is -0.423 e. The minimum absolute atomic E-state index is 0.0146. The Morgan fingerprint density at radius 3 is 2.73 bits per heavy atom. The second-order valence-corrected chi connectivity index (χ2v) is 6.92. The summed E-state index contributed by atoms with van der Waals surface area (Å²) in [5.41, 5.74) is 2.10. The number of imidazole rings is 1. The van der Waals surface area contributed by atoms with E-state index in [9.17, 15) is 4.79 Å². The van der Waals surface area contributed by atoms with E-state index in [-0.39, 0.29) is 18.5 Å². The van der Waals surface area contributed by atoms with Crippen LogP contribution < -0.4 is 0 Å². The average molecular weight is 354 g/mol. The molecule has 0 saturated heterocycles. The number of nitrogens with zero attached hydrogens (tertiary/aromatic N) is 6. The van der Waals surface area contributed by atoms with Crippen LogP contribution >= 0.6 is 0 Å². The lowest BCUT2D eigenvalue weighted by Gasteiger charge is -2.25.